The first kappa shape index (κ1) is 57.1. The number of unbranched alkanes of at least 4 members (excludes halogenated alkanes) is 12. The number of thiophene rings is 4. The number of para-hydroxylation sites is 1. The second-order valence-electron chi connectivity index (χ2n) is 20.6. The molecule has 6 aromatic rings. The highest BCUT2D eigenvalue weighted by molar-refractivity contribution is 7.24. The number of carboxylic acid groups (broad SMARTS) is 2. The minimum atomic E-state index is -1.21. The van der Waals surface area contributed by atoms with E-state index in [2.05, 4.69) is 124 Å². The van der Waals surface area contributed by atoms with Gasteiger partial charge in [-0.15, -0.1) is 45.3 Å². The van der Waals surface area contributed by atoms with E-state index >= 15 is 0 Å². The topological polar surface area (TPSA) is 125 Å². The standard InChI is InChI=1S/C66H73N3O4S4/c1-5-9-13-18-24-44-34-53(36-50(42-67)65(70)71)74-63(44)59-40-46(26-20-15-11-7-3)61(76-59)48-30-32-57-55(38-48)56-39-49(31-33-58(56)69(57)52-28-22-17-23-29-52)62-47(27-21-16-12-8-4)41-60(77-62)64-45(25-19-14-10-6-2)35-54(75-64)37-51(43-68)66(72)73/h17,22-23,28-41,55,57H,5-16,18-21,24-27H2,1-4H3,(H,70,71)(H,72,73)/b50-36+,51-37+. The number of hydrogen-bond donors (Lipinski definition) is 2. The number of hydrogen-bond acceptors (Lipinski definition) is 9. The summed E-state index contributed by atoms with van der Waals surface area (Å²) in [5.41, 5.74) is 10.8. The number of carboxylic acids is 2. The van der Waals surface area contributed by atoms with Crippen molar-refractivity contribution >= 4 is 86.4 Å². The molecule has 7 nitrogen and oxygen atoms in total. The summed E-state index contributed by atoms with van der Waals surface area (Å²) in [7, 11) is 0. The van der Waals surface area contributed by atoms with Crippen molar-refractivity contribution in [1.82, 2.24) is 0 Å². The molecule has 2 aliphatic rings. The van der Waals surface area contributed by atoms with Gasteiger partial charge in [0.15, 0.2) is 0 Å². The molecule has 2 atom stereocenters. The summed E-state index contributed by atoms with van der Waals surface area (Å²) in [4.78, 5) is 35.4. The summed E-state index contributed by atoms with van der Waals surface area (Å²) in [5, 5.41) is 39.0. The first-order valence-corrected chi connectivity index (χ1v) is 31.5. The van der Waals surface area contributed by atoms with Gasteiger partial charge >= 0.3 is 11.9 Å². The van der Waals surface area contributed by atoms with E-state index in [4.69, 9.17) is 0 Å². The number of carbonyl (C=O) groups is 2. The van der Waals surface area contributed by atoms with E-state index in [-0.39, 0.29) is 23.1 Å². The summed E-state index contributed by atoms with van der Waals surface area (Å²) < 4.78 is 0. The number of nitrogens with zero attached hydrogens (tertiary/aromatic N) is 3. The molecule has 1 aliphatic carbocycles. The van der Waals surface area contributed by atoms with Crippen molar-refractivity contribution in [2.45, 2.75) is 168 Å². The summed E-state index contributed by atoms with van der Waals surface area (Å²) in [6, 6.07) is 30.8. The van der Waals surface area contributed by atoms with Crippen LogP contribution in [-0.4, -0.2) is 28.2 Å². The van der Waals surface area contributed by atoms with Crippen LogP contribution in [-0.2, 0) is 35.3 Å². The summed E-state index contributed by atoms with van der Waals surface area (Å²) >= 11 is 6.91. The van der Waals surface area contributed by atoms with E-state index in [1.807, 2.05) is 34.8 Å². The van der Waals surface area contributed by atoms with Crippen LogP contribution in [0.5, 0.6) is 0 Å². The van der Waals surface area contributed by atoms with Crippen LogP contribution < -0.4 is 4.90 Å². The smallest absolute Gasteiger partial charge is 0.346 e. The second-order valence-corrected chi connectivity index (χ2v) is 24.9. The van der Waals surface area contributed by atoms with Crippen LogP contribution in [0.2, 0.25) is 0 Å². The third-order valence-corrected chi connectivity index (χ3v) is 20.0. The lowest BCUT2D eigenvalue weighted by atomic mass is 9.86. The SMILES string of the molecule is CCCCCCc1cc(-c2sc(/C=C(\C#N)C(=O)O)cc2CCCCCC)sc1C1=CC2c3cc(-c4sc(-c5sc(/C=C(\C#N)C(=O)O)cc5CCCCCC)cc4CCCCCC)ccc3N(c3ccccc3)C2C=C1. The van der Waals surface area contributed by atoms with Crippen molar-refractivity contribution < 1.29 is 19.8 Å². The zero-order valence-electron chi connectivity index (χ0n) is 45.3. The van der Waals surface area contributed by atoms with Gasteiger partial charge in [-0.2, -0.15) is 10.5 Å². The molecule has 0 radical (unpaired) electrons. The number of allylic oxidation sites excluding steroid dienone is 2. The van der Waals surface area contributed by atoms with E-state index in [1.165, 1.54) is 137 Å². The summed E-state index contributed by atoms with van der Waals surface area (Å²) in [6.07, 6.45) is 32.5. The third kappa shape index (κ3) is 14.0. The minimum absolute atomic E-state index is 0.0770. The number of rotatable bonds is 29. The Morgan fingerprint density at radius 2 is 1.03 bits per heavy atom. The Bertz CT molecular complexity index is 3220. The van der Waals surface area contributed by atoms with Gasteiger partial charge in [0.1, 0.15) is 23.3 Å². The van der Waals surface area contributed by atoms with Crippen LogP contribution in [0, 0.1) is 22.7 Å². The van der Waals surface area contributed by atoms with Gasteiger partial charge < -0.3 is 15.1 Å². The highest BCUT2D eigenvalue weighted by Gasteiger charge is 2.39. The molecule has 0 bridgehead atoms. The molecule has 4 aromatic heterocycles. The second kappa shape index (κ2) is 28.0. The van der Waals surface area contributed by atoms with Gasteiger partial charge in [-0.05, 0) is 151 Å². The molecule has 2 unspecified atom stereocenters. The first-order valence-electron chi connectivity index (χ1n) is 28.2. The van der Waals surface area contributed by atoms with E-state index < -0.39 is 11.9 Å². The Balaban J connectivity index is 1.23. The predicted molar refractivity (Wildman–Crippen MR) is 327 cm³/mol. The van der Waals surface area contributed by atoms with Gasteiger partial charge in [-0.25, -0.2) is 9.59 Å². The molecule has 0 spiro atoms. The Labute approximate surface area is 473 Å². The van der Waals surface area contributed by atoms with Gasteiger partial charge in [0.05, 0.1) is 6.04 Å². The van der Waals surface area contributed by atoms with Crippen LogP contribution in [0.15, 0.2) is 102 Å². The van der Waals surface area contributed by atoms with Crippen molar-refractivity contribution in [3.63, 3.8) is 0 Å². The third-order valence-electron chi connectivity index (χ3n) is 14.9. The number of aliphatic carboxylic acids is 2. The van der Waals surface area contributed by atoms with Crippen LogP contribution in [0.4, 0.5) is 11.4 Å². The molecule has 0 amide bonds. The van der Waals surface area contributed by atoms with Crippen molar-refractivity contribution in [3.8, 4) is 42.1 Å². The maximum absolute atomic E-state index is 12.0. The highest BCUT2D eigenvalue weighted by Crippen LogP contribution is 2.53. The normalized spacial score (nSPS) is 15.1. The molecular weight excluding hydrogens is 1030 g/mol. The van der Waals surface area contributed by atoms with E-state index in [0.717, 1.165) is 92.5 Å². The maximum atomic E-state index is 12.0. The van der Waals surface area contributed by atoms with Gasteiger partial charge in [0, 0.05) is 56.3 Å². The van der Waals surface area contributed by atoms with Crippen LogP contribution >= 0.6 is 45.3 Å². The first-order chi connectivity index (χ1) is 37.6. The molecule has 8 rings (SSSR count). The Hall–Kier alpha value is -6.08. The maximum Gasteiger partial charge on any atom is 0.346 e. The van der Waals surface area contributed by atoms with Gasteiger partial charge in [-0.1, -0.05) is 147 Å². The van der Waals surface area contributed by atoms with Crippen LogP contribution in [0.25, 0.3) is 47.7 Å². The zero-order chi connectivity index (χ0) is 54.3. The molecule has 1 aliphatic heterocycles. The quantitative estimate of drug-likeness (QED) is 0.0272. The van der Waals surface area contributed by atoms with E-state index in [0.29, 0.717) is 0 Å². The lowest BCUT2D eigenvalue weighted by molar-refractivity contribution is -0.133. The molecule has 77 heavy (non-hydrogen) atoms. The minimum Gasteiger partial charge on any atom is -0.477 e. The van der Waals surface area contributed by atoms with Gasteiger partial charge in [-0.3, -0.25) is 0 Å². The van der Waals surface area contributed by atoms with Gasteiger partial charge in [0.25, 0.3) is 0 Å². The van der Waals surface area contributed by atoms with Crippen molar-refractivity contribution in [1.29, 1.82) is 10.5 Å². The molecule has 5 heterocycles. The molecule has 0 saturated carbocycles. The predicted octanol–water partition coefficient (Wildman–Crippen LogP) is 19.7. The van der Waals surface area contributed by atoms with Crippen molar-refractivity contribution in [2.75, 3.05) is 4.90 Å². The van der Waals surface area contributed by atoms with Gasteiger partial charge in [0.2, 0.25) is 0 Å². The number of aryl methyl sites for hydroxylation is 4. The highest BCUT2D eigenvalue weighted by atomic mass is 32.1. The fourth-order valence-electron chi connectivity index (χ4n) is 10.9. The lowest BCUT2D eigenvalue weighted by Crippen LogP contribution is -2.28. The molecule has 0 fully saturated rings. The number of anilines is 2. The Morgan fingerprint density at radius 3 is 1.49 bits per heavy atom. The summed E-state index contributed by atoms with van der Waals surface area (Å²) in [6.45, 7) is 8.96. The van der Waals surface area contributed by atoms with E-state index in [1.54, 1.807) is 22.7 Å². The molecular formula is C66H73N3O4S4. The number of fused-ring (bicyclic) bond motifs is 3. The zero-order valence-corrected chi connectivity index (χ0v) is 48.6. The largest absolute Gasteiger partial charge is 0.477 e. The monoisotopic (exact) mass is 1100 g/mol. The average Bonchev–Trinajstić information content (AvgIpc) is 4.31. The van der Waals surface area contributed by atoms with Crippen LogP contribution in [0.3, 0.4) is 0 Å². The molecule has 400 valence electrons. The lowest BCUT2D eigenvalue weighted by Gasteiger charge is -2.29. The number of nitriles is 2. The fraction of sp³-hybridized carbons (Fsp3) is 0.394. The summed E-state index contributed by atoms with van der Waals surface area (Å²) in [5.74, 6) is -2.33. The van der Waals surface area contributed by atoms with Crippen LogP contribution in [0.1, 0.15) is 179 Å². The molecule has 2 aromatic carbocycles. The fourth-order valence-corrected chi connectivity index (χ4v) is 15.9. The van der Waals surface area contributed by atoms with Crippen molar-refractivity contribution in [2.24, 2.45) is 0 Å². The molecule has 2 N–H and O–H groups in total. The van der Waals surface area contributed by atoms with Crippen molar-refractivity contribution in [3.05, 3.63) is 145 Å². The molecule has 11 heteroatoms. The average molecular weight is 1100 g/mol. The number of benzene rings is 2. The Kier molecular flexibility index (Phi) is 20.8. The molecule has 0 saturated heterocycles. The van der Waals surface area contributed by atoms with E-state index in [9.17, 15) is 30.3 Å². The Morgan fingerprint density at radius 1 is 0.558 bits per heavy atom.